The highest BCUT2D eigenvalue weighted by molar-refractivity contribution is 5.72. The van der Waals surface area contributed by atoms with Crippen molar-refractivity contribution in [3.05, 3.63) is 216 Å². The highest BCUT2D eigenvalue weighted by Gasteiger charge is 2.55. The number of pyridine rings is 5. The molecule has 8 aromatic rings. The van der Waals surface area contributed by atoms with Crippen molar-refractivity contribution < 1.29 is 0 Å². The summed E-state index contributed by atoms with van der Waals surface area (Å²) in [5, 5.41) is 0. The predicted molar refractivity (Wildman–Crippen MR) is 435 cm³/mol. The number of fused-ring (bicyclic) bond motifs is 3. The normalized spacial score (nSPS) is 23.8. The number of anilines is 6. The smallest absolute Gasteiger partial charge is 0.0984 e. The molecule has 0 amide bonds. The lowest BCUT2D eigenvalue weighted by atomic mass is 9.68. The Morgan fingerprint density at radius 3 is 1.26 bits per heavy atom. The number of benzene rings is 3. The quantitative estimate of drug-likeness (QED) is 0.163. The van der Waals surface area contributed by atoms with E-state index in [-0.39, 0.29) is 5.41 Å². The van der Waals surface area contributed by atoms with Gasteiger partial charge in [0.1, 0.15) is 0 Å². The molecule has 5 aromatic heterocycles. The molecule has 0 N–H and O–H groups in total. The van der Waals surface area contributed by atoms with Crippen LogP contribution in [-0.2, 0) is 31.3 Å². The van der Waals surface area contributed by atoms with Crippen molar-refractivity contribution in [2.75, 3.05) is 112 Å². The van der Waals surface area contributed by atoms with E-state index in [0.717, 1.165) is 117 Å². The number of aryl methyl sites for hydroxylation is 15. The Labute approximate surface area is 626 Å². The molecule has 5 fully saturated rings. The Bertz CT molecular complexity index is 4200. The standard InChI is InChI=1S/3C19H25N3.C16H24N4.C15H25N3/c1-13-10-14(2)20-15(3)19(13)22-12-18-9-7-6-8-17(18)11-21(5)16(22)4;1-13-12-14(2)20-15(3)19(13)22-11-10-17-8-6-7-9-18(17)21(5)16(22)4;1-13-12-14(2)20-15(3)19(13)22-16(4)21(5)11-10-17-8-6-7-9-18(17)22;1-11-5-12(2)17-13(3)15(11)16-6-18-8-19(7-16)10-20(9-18)14(16)4;1-11-10-12(2)16-13(3)15(11)18-9-7-6-8-17(5)14(18)4/h6-10,16H,11-12H2,1-5H3;2*6-9,12,16H,10-11H2,1-5H3;5,14H,6-10H2,1-4H3;10,14H,6-9H2,1-5H3. The van der Waals surface area contributed by atoms with Crippen LogP contribution in [0.5, 0.6) is 0 Å². The van der Waals surface area contributed by atoms with Crippen molar-refractivity contribution in [2.45, 2.75) is 213 Å². The molecule has 8 aliphatic heterocycles. The van der Waals surface area contributed by atoms with Crippen LogP contribution in [0.1, 0.15) is 160 Å². The first kappa shape index (κ1) is 77.3. The van der Waals surface area contributed by atoms with Crippen LogP contribution in [0.25, 0.3) is 0 Å². The van der Waals surface area contributed by atoms with Crippen molar-refractivity contribution in [3.8, 4) is 0 Å². The van der Waals surface area contributed by atoms with E-state index in [2.05, 4.69) is 334 Å². The molecule has 4 bridgehead atoms. The first-order chi connectivity index (χ1) is 49.4. The summed E-state index contributed by atoms with van der Waals surface area (Å²) in [4.78, 5) is 50.9. The van der Waals surface area contributed by atoms with Gasteiger partial charge in [-0.15, -0.1) is 0 Å². The van der Waals surface area contributed by atoms with Crippen molar-refractivity contribution in [1.29, 1.82) is 0 Å². The molecule has 7 unspecified atom stereocenters. The van der Waals surface area contributed by atoms with Crippen LogP contribution in [0.2, 0.25) is 0 Å². The fourth-order valence-corrected chi connectivity index (χ4v) is 18.7. The second-order valence-electron chi connectivity index (χ2n) is 31.7. The fraction of sp³-hybridized carbons (Fsp3) is 0.511. The maximum Gasteiger partial charge on any atom is 0.0984 e. The third-order valence-corrected chi connectivity index (χ3v) is 23.8. The topological polar surface area (TPSA) is 100 Å². The molecule has 13 heterocycles. The molecule has 16 rings (SSSR count). The molecule has 0 aliphatic carbocycles. The summed E-state index contributed by atoms with van der Waals surface area (Å²) >= 11 is 0. The first-order valence-corrected chi connectivity index (χ1v) is 38.5. The van der Waals surface area contributed by atoms with Crippen LogP contribution in [0.15, 0.2) is 103 Å². The summed E-state index contributed by atoms with van der Waals surface area (Å²) in [7, 11) is 8.81. The van der Waals surface area contributed by atoms with Gasteiger partial charge in [0.25, 0.3) is 0 Å². The molecule has 16 nitrogen and oxygen atoms in total. The lowest BCUT2D eigenvalue weighted by molar-refractivity contribution is -0.172. The van der Waals surface area contributed by atoms with Gasteiger partial charge in [0, 0.05) is 110 Å². The van der Waals surface area contributed by atoms with E-state index in [1.807, 2.05) is 0 Å². The molecule has 7 atom stereocenters. The molecule has 3 aromatic carbocycles. The molecule has 16 heteroatoms. The predicted octanol–water partition coefficient (Wildman–Crippen LogP) is 16.0. The van der Waals surface area contributed by atoms with Gasteiger partial charge in [-0.1, -0.05) is 60.7 Å². The molecule has 556 valence electrons. The van der Waals surface area contributed by atoms with Crippen molar-refractivity contribution in [3.63, 3.8) is 0 Å². The van der Waals surface area contributed by atoms with E-state index in [0.29, 0.717) is 30.7 Å². The van der Waals surface area contributed by atoms with Crippen LogP contribution < -0.4 is 24.5 Å². The summed E-state index contributed by atoms with van der Waals surface area (Å²) in [6.07, 6.45) is 6.12. The summed E-state index contributed by atoms with van der Waals surface area (Å²) < 4.78 is 0. The van der Waals surface area contributed by atoms with Gasteiger partial charge < -0.3 is 24.5 Å². The average molecular weight is 1410 g/mol. The Kier molecular flexibility index (Phi) is 24.1. The van der Waals surface area contributed by atoms with Gasteiger partial charge in [0.15, 0.2) is 0 Å². The molecule has 0 radical (unpaired) electrons. The summed E-state index contributed by atoms with van der Waals surface area (Å²) in [5.41, 5.74) is 33.2. The molecule has 0 spiro atoms. The monoisotopic (exact) mass is 1410 g/mol. The summed E-state index contributed by atoms with van der Waals surface area (Å²) in [5.74, 6) is 0. The van der Waals surface area contributed by atoms with Crippen LogP contribution >= 0.6 is 0 Å². The van der Waals surface area contributed by atoms with E-state index in [9.17, 15) is 0 Å². The second-order valence-corrected chi connectivity index (χ2v) is 31.7. The number of hydrogen-bond acceptors (Lipinski definition) is 16. The van der Waals surface area contributed by atoms with Gasteiger partial charge >= 0.3 is 0 Å². The van der Waals surface area contributed by atoms with Crippen molar-refractivity contribution in [2.24, 2.45) is 0 Å². The van der Waals surface area contributed by atoms with Crippen LogP contribution in [0.4, 0.5) is 34.1 Å². The van der Waals surface area contributed by atoms with E-state index in [4.69, 9.17) is 15.0 Å². The minimum atomic E-state index is 0.240. The summed E-state index contributed by atoms with van der Waals surface area (Å²) in [6, 6.07) is 37.9. The highest BCUT2D eigenvalue weighted by atomic mass is 15.6. The van der Waals surface area contributed by atoms with Gasteiger partial charge in [0.2, 0.25) is 0 Å². The van der Waals surface area contributed by atoms with Gasteiger partial charge in [-0.2, -0.15) is 0 Å². The number of para-hydroxylation sites is 2. The van der Waals surface area contributed by atoms with Gasteiger partial charge in [-0.3, -0.25) is 54.3 Å². The molecular formula is C88H124N16. The average Bonchev–Trinajstić information content (AvgIpc) is 0.851. The van der Waals surface area contributed by atoms with Crippen molar-refractivity contribution in [1.82, 2.24) is 54.3 Å². The minimum absolute atomic E-state index is 0.240. The fourth-order valence-electron chi connectivity index (χ4n) is 18.7. The number of rotatable bonds is 5. The van der Waals surface area contributed by atoms with Gasteiger partial charge in [-0.25, -0.2) is 0 Å². The van der Waals surface area contributed by atoms with Gasteiger partial charge in [-0.05, 0) is 290 Å². The minimum Gasteiger partial charge on any atom is -0.354 e. The van der Waals surface area contributed by atoms with E-state index >= 15 is 0 Å². The van der Waals surface area contributed by atoms with E-state index < -0.39 is 0 Å². The van der Waals surface area contributed by atoms with Gasteiger partial charge in [0.05, 0.1) is 90.2 Å². The Morgan fingerprint density at radius 2 is 0.750 bits per heavy atom. The van der Waals surface area contributed by atoms with Crippen LogP contribution in [0.3, 0.4) is 0 Å². The number of hydrogen-bond donors (Lipinski definition) is 0. The molecule has 5 saturated heterocycles. The second kappa shape index (κ2) is 32.5. The zero-order valence-corrected chi connectivity index (χ0v) is 68.0. The van der Waals surface area contributed by atoms with Crippen molar-refractivity contribution >= 4 is 34.1 Å². The Morgan fingerprint density at radius 1 is 0.356 bits per heavy atom. The molecule has 104 heavy (non-hydrogen) atoms. The van der Waals surface area contributed by atoms with Crippen LogP contribution in [-0.4, -0.2) is 172 Å². The SMILES string of the molecule is Cc1cc(C)c(C23CN4CN(CN(C4)C2C)C3)c(C)n1.Cc1cc(C)c(N2CCCCN(C)C2C)c(C)n1.Cc1cc(C)c(N2CCc3ccccc3N(C)C2C)c(C)n1.Cc1cc(C)c(N2Cc3ccccc3CN(C)C2C)c(C)n1.Cc1cc(C)c(N2c3ccccc3CCN(C)C2C)c(C)n1. The van der Waals surface area contributed by atoms with E-state index in [1.54, 1.807) is 0 Å². The molecule has 0 saturated carbocycles. The van der Waals surface area contributed by atoms with Crippen LogP contribution in [0, 0.1) is 104 Å². The maximum absolute atomic E-state index is 4.77. The highest BCUT2D eigenvalue weighted by Crippen LogP contribution is 2.46. The zero-order chi connectivity index (χ0) is 74.9. The lowest BCUT2D eigenvalue weighted by Gasteiger charge is -2.64. The zero-order valence-electron chi connectivity index (χ0n) is 68.0. The number of nitrogens with zero attached hydrogens (tertiary/aromatic N) is 16. The largest absolute Gasteiger partial charge is 0.354 e. The van der Waals surface area contributed by atoms with E-state index in [1.165, 1.54) is 128 Å². The Hall–Kier alpha value is -7.83. The third kappa shape index (κ3) is 16.3. The molecule has 8 aliphatic rings. The number of likely N-dealkylation sites (N-methyl/N-ethyl adjacent to an activating group) is 1. The Balaban J connectivity index is 0.000000130. The lowest BCUT2D eigenvalue weighted by Crippen LogP contribution is -2.77. The summed E-state index contributed by atoms with van der Waals surface area (Å²) in [6.45, 7) is 55.8. The third-order valence-electron chi connectivity index (χ3n) is 23.8. The number of aromatic nitrogens is 5. The maximum atomic E-state index is 4.77. The first-order valence-electron chi connectivity index (χ1n) is 38.5. The molecular weight excluding hydrogens is 1280 g/mol.